The van der Waals surface area contributed by atoms with Crippen LogP contribution in [0.3, 0.4) is 0 Å². The van der Waals surface area contributed by atoms with E-state index in [1.54, 1.807) is 0 Å². The number of ether oxygens (including phenoxy) is 1. The molecule has 0 atom stereocenters. The van der Waals surface area contributed by atoms with Gasteiger partial charge in [0, 0.05) is 12.0 Å². The molecule has 0 spiro atoms. The van der Waals surface area contributed by atoms with Crippen molar-refractivity contribution in [2.45, 2.75) is 13.0 Å². The van der Waals surface area contributed by atoms with Crippen molar-refractivity contribution in [3.8, 4) is 5.75 Å². The standard InChI is InChI=1S/C20H17ClO/c21-19-13-7-12-18(14-16-8-3-1-4-9-16)20(19)22-15-17-10-5-2-6-11-17/h1-13H,14-15H2. The van der Waals surface area contributed by atoms with E-state index in [0.717, 1.165) is 23.3 Å². The average molecular weight is 309 g/mol. The Bertz CT molecular complexity index is 723. The van der Waals surface area contributed by atoms with E-state index < -0.39 is 0 Å². The van der Waals surface area contributed by atoms with Gasteiger partial charge in [0.2, 0.25) is 0 Å². The Kier molecular flexibility index (Phi) is 4.77. The van der Waals surface area contributed by atoms with E-state index in [0.29, 0.717) is 11.6 Å². The maximum Gasteiger partial charge on any atom is 0.141 e. The molecule has 0 amide bonds. The molecular formula is C20H17ClO. The van der Waals surface area contributed by atoms with E-state index >= 15 is 0 Å². The van der Waals surface area contributed by atoms with Gasteiger partial charge >= 0.3 is 0 Å². The quantitative estimate of drug-likeness (QED) is 0.604. The van der Waals surface area contributed by atoms with Gasteiger partial charge in [0.05, 0.1) is 5.02 Å². The summed E-state index contributed by atoms with van der Waals surface area (Å²) < 4.78 is 5.99. The molecule has 0 saturated heterocycles. The van der Waals surface area contributed by atoms with E-state index in [4.69, 9.17) is 16.3 Å². The largest absolute Gasteiger partial charge is 0.487 e. The molecule has 1 nitrogen and oxygen atoms in total. The molecular weight excluding hydrogens is 292 g/mol. The fourth-order valence-electron chi connectivity index (χ4n) is 2.40. The molecule has 3 rings (SSSR count). The normalized spacial score (nSPS) is 10.4. The Hall–Kier alpha value is -2.25. The Morgan fingerprint density at radius 1 is 0.682 bits per heavy atom. The highest BCUT2D eigenvalue weighted by Crippen LogP contribution is 2.31. The van der Waals surface area contributed by atoms with Crippen LogP contribution in [0.1, 0.15) is 16.7 Å². The van der Waals surface area contributed by atoms with Crippen molar-refractivity contribution in [3.05, 3.63) is 101 Å². The predicted octanol–water partition coefficient (Wildman–Crippen LogP) is 5.51. The highest BCUT2D eigenvalue weighted by Gasteiger charge is 2.09. The minimum absolute atomic E-state index is 0.520. The molecule has 110 valence electrons. The fraction of sp³-hybridized carbons (Fsp3) is 0.100. The van der Waals surface area contributed by atoms with E-state index in [1.807, 2.05) is 60.7 Å². The summed E-state index contributed by atoms with van der Waals surface area (Å²) in [7, 11) is 0. The molecule has 2 heteroatoms. The van der Waals surface area contributed by atoms with Crippen LogP contribution in [0, 0.1) is 0 Å². The van der Waals surface area contributed by atoms with Gasteiger partial charge in [-0.25, -0.2) is 0 Å². The second-order valence-corrected chi connectivity index (χ2v) is 5.57. The van der Waals surface area contributed by atoms with Crippen LogP contribution in [0.2, 0.25) is 5.02 Å². The van der Waals surface area contributed by atoms with Crippen molar-refractivity contribution in [2.24, 2.45) is 0 Å². The summed E-state index contributed by atoms with van der Waals surface area (Å²) in [6.45, 7) is 0.520. The van der Waals surface area contributed by atoms with Crippen molar-refractivity contribution >= 4 is 11.6 Å². The van der Waals surface area contributed by atoms with E-state index in [2.05, 4.69) is 18.2 Å². The maximum absolute atomic E-state index is 6.34. The Balaban J connectivity index is 1.81. The summed E-state index contributed by atoms with van der Waals surface area (Å²) in [6.07, 6.45) is 0.811. The Morgan fingerprint density at radius 3 is 2.00 bits per heavy atom. The Morgan fingerprint density at radius 2 is 1.32 bits per heavy atom. The first-order chi connectivity index (χ1) is 10.8. The second kappa shape index (κ2) is 7.15. The predicted molar refractivity (Wildman–Crippen MR) is 91.5 cm³/mol. The lowest BCUT2D eigenvalue weighted by atomic mass is 10.0. The third kappa shape index (κ3) is 3.69. The zero-order valence-electron chi connectivity index (χ0n) is 12.2. The fourth-order valence-corrected chi connectivity index (χ4v) is 2.65. The highest BCUT2D eigenvalue weighted by atomic mass is 35.5. The third-order valence-electron chi connectivity index (χ3n) is 3.51. The van der Waals surface area contributed by atoms with Crippen molar-refractivity contribution in [2.75, 3.05) is 0 Å². The van der Waals surface area contributed by atoms with Crippen LogP contribution >= 0.6 is 11.6 Å². The molecule has 0 unspecified atom stereocenters. The molecule has 0 heterocycles. The molecule has 3 aromatic rings. The van der Waals surface area contributed by atoms with Crippen molar-refractivity contribution in [1.82, 2.24) is 0 Å². The zero-order valence-corrected chi connectivity index (χ0v) is 13.0. The van der Waals surface area contributed by atoms with Crippen LogP contribution < -0.4 is 4.74 Å². The van der Waals surface area contributed by atoms with Crippen LogP contribution in [-0.4, -0.2) is 0 Å². The summed E-state index contributed by atoms with van der Waals surface area (Å²) in [6, 6.07) is 26.4. The molecule has 0 aliphatic heterocycles. The first kappa shape index (κ1) is 14.7. The van der Waals surface area contributed by atoms with Gasteiger partial charge in [-0.05, 0) is 17.2 Å². The second-order valence-electron chi connectivity index (χ2n) is 5.16. The van der Waals surface area contributed by atoms with Gasteiger partial charge in [0.15, 0.2) is 0 Å². The smallest absolute Gasteiger partial charge is 0.141 e. The summed E-state index contributed by atoms with van der Waals surface area (Å²) in [5.74, 6) is 0.775. The number of hydrogen-bond acceptors (Lipinski definition) is 1. The number of para-hydroxylation sites is 1. The van der Waals surface area contributed by atoms with Gasteiger partial charge in [-0.15, -0.1) is 0 Å². The van der Waals surface area contributed by atoms with Crippen molar-refractivity contribution in [3.63, 3.8) is 0 Å². The van der Waals surface area contributed by atoms with Gasteiger partial charge < -0.3 is 4.74 Å². The SMILES string of the molecule is Clc1cccc(Cc2ccccc2)c1OCc1ccccc1. The Labute approximate surface area is 136 Å². The summed E-state index contributed by atoms with van der Waals surface area (Å²) in [5.41, 5.74) is 3.48. The maximum atomic E-state index is 6.34. The minimum atomic E-state index is 0.520. The zero-order chi connectivity index (χ0) is 15.2. The minimum Gasteiger partial charge on any atom is -0.487 e. The molecule has 0 radical (unpaired) electrons. The van der Waals surface area contributed by atoms with Crippen LogP contribution in [0.15, 0.2) is 78.9 Å². The molecule has 0 fully saturated rings. The number of benzene rings is 3. The molecule has 0 N–H and O–H groups in total. The average Bonchev–Trinajstić information content (AvgIpc) is 2.56. The third-order valence-corrected chi connectivity index (χ3v) is 3.81. The molecule has 0 saturated carbocycles. The highest BCUT2D eigenvalue weighted by molar-refractivity contribution is 6.32. The lowest BCUT2D eigenvalue weighted by Gasteiger charge is -2.13. The van der Waals surface area contributed by atoms with E-state index in [9.17, 15) is 0 Å². The van der Waals surface area contributed by atoms with Crippen LogP contribution in [0.5, 0.6) is 5.75 Å². The number of hydrogen-bond donors (Lipinski definition) is 0. The molecule has 0 aliphatic carbocycles. The molecule has 0 bridgehead atoms. The van der Waals surface area contributed by atoms with Crippen molar-refractivity contribution in [1.29, 1.82) is 0 Å². The molecule has 0 aliphatic rings. The number of rotatable bonds is 5. The topological polar surface area (TPSA) is 9.23 Å². The summed E-state index contributed by atoms with van der Waals surface area (Å²) >= 11 is 6.34. The first-order valence-corrected chi connectivity index (χ1v) is 7.69. The van der Waals surface area contributed by atoms with Gasteiger partial charge in [-0.3, -0.25) is 0 Å². The van der Waals surface area contributed by atoms with Gasteiger partial charge in [0.25, 0.3) is 0 Å². The summed E-state index contributed by atoms with van der Waals surface area (Å²) in [5, 5.41) is 0.657. The molecule has 22 heavy (non-hydrogen) atoms. The summed E-state index contributed by atoms with van der Waals surface area (Å²) in [4.78, 5) is 0. The van der Waals surface area contributed by atoms with Crippen LogP contribution in [0.25, 0.3) is 0 Å². The molecule has 0 aromatic heterocycles. The van der Waals surface area contributed by atoms with Gasteiger partial charge in [0.1, 0.15) is 12.4 Å². The lowest BCUT2D eigenvalue weighted by molar-refractivity contribution is 0.303. The monoisotopic (exact) mass is 308 g/mol. The van der Waals surface area contributed by atoms with Crippen LogP contribution in [-0.2, 0) is 13.0 Å². The van der Waals surface area contributed by atoms with Crippen molar-refractivity contribution < 1.29 is 4.74 Å². The van der Waals surface area contributed by atoms with E-state index in [1.165, 1.54) is 5.56 Å². The molecule has 3 aromatic carbocycles. The van der Waals surface area contributed by atoms with E-state index in [-0.39, 0.29) is 0 Å². The lowest BCUT2D eigenvalue weighted by Crippen LogP contribution is -2.00. The van der Waals surface area contributed by atoms with Gasteiger partial charge in [-0.1, -0.05) is 84.4 Å². The van der Waals surface area contributed by atoms with Gasteiger partial charge in [-0.2, -0.15) is 0 Å². The number of halogens is 1. The van der Waals surface area contributed by atoms with Crippen LogP contribution in [0.4, 0.5) is 0 Å². The first-order valence-electron chi connectivity index (χ1n) is 7.31.